The number of thiazole rings is 1. The molecular formula is C18H18N8O5S3. The van der Waals surface area contributed by atoms with Crippen molar-refractivity contribution in [2.24, 2.45) is 5.16 Å². The Morgan fingerprint density at radius 1 is 1.47 bits per heavy atom. The Kier molecular flexibility index (Phi) is 5.95. The van der Waals surface area contributed by atoms with Gasteiger partial charge in [0.15, 0.2) is 10.8 Å². The van der Waals surface area contributed by atoms with Crippen molar-refractivity contribution < 1.29 is 29.0 Å². The lowest BCUT2D eigenvalue weighted by molar-refractivity contribution is -0.758. The van der Waals surface area contributed by atoms with Gasteiger partial charge in [-0.3, -0.25) is 14.5 Å². The summed E-state index contributed by atoms with van der Waals surface area (Å²) in [5.74, 6) is -2.25. The van der Waals surface area contributed by atoms with Gasteiger partial charge in [0.05, 0.1) is 23.5 Å². The van der Waals surface area contributed by atoms with E-state index in [9.17, 15) is 19.5 Å². The quantitative estimate of drug-likeness (QED) is 0.175. The second-order valence-corrected chi connectivity index (χ2v) is 10.9. The highest BCUT2D eigenvalue weighted by Crippen LogP contribution is 2.44. The molecule has 5 rings (SSSR count). The topological polar surface area (TPSA) is 172 Å². The molecule has 2 aromatic heterocycles. The van der Waals surface area contributed by atoms with Crippen LogP contribution in [0.1, 0.15) is 5.69 Å². The average Bonchev–Trinajstić information content (AvgIpc) is 3.51. The summed E-state index contributed by atoms with van der Waals surface area (Å²) in [4.78, 5) is 52.4. The molecule has 0 aromatic carbocycles. The van der Waals surface area contributed by atoms with E-state index in [1.807, 2.05) is 9.36 Å². The Balaban J connectivity index is 1.31. The minimum absolute atomic E-state index is 0.106. The van der Waals surface area contributed by atoms with Crippen LogP contribution >= 0.6 is 34.9 Å². The van der Waals surface area contributed by atoms with Crippen molar-refractivity contribution in [1.82, 2.24) is 24.9 Å². The van der Waals surface area contributed by atoms with E-state index >= 15 is 0 Å². The number of carbonyl (C=O) groups is 3. The Morgan fingerprint density at radius 2 is 2.29 bits per heavy atom. The van der Waals surface area contributed by atoms with E-state index in [4.69, 9.17) is 10.6 Å². The predicted octanol–water partition coefficient (Wildman–Crippen LogP) is -2.26. The summed E-state index contributed by atoms with van der Waals surface area (Å²) >= 11 is 3.94. The van der Waals surface area contributed by atoms with Crippen molar-refractivity contribution in [3.63, 3.8) is 0 Å². The van der Waals surface area contributed by atoms with Gasteiger partial charge in [0.2, 0.25) is 6.33 Å². The lowest BCUT2D eigenvalue weighted by atomic mass is 10.0. The number of oxime groups is 1. The molecule has 1 saturated heterocycles. The molecule has 0 saturated carbocycles. The Hall–Kier alpha value is -3.11. The third kappa shape index (κ3) is 3.90. The molecule has 16 heteroatoms. The molecule has 3 aliphatic heterocycles. The van der Waals surface area contributed by atoms with E-state index < -0.39 is 29.2 Å². The number of nitrogen functional groups attached to an aromatic ring is 1. The average molecular weight is 523 g/mol. The molecule has 2 aromatic rings. The van der Waals surface area contributed by atoms with E-state index in [-0.39, 0.29) is 27.5 Å². The molecular weight excluding hydrogens is 504 g/mol. The number of aliphatic carboxylic acids is 1. The van der Waals surface area contributed by atoms with E-state index in [0.29, 0.717) is 23.7 Å². The fourth-order valence-electron chi connectivity index (χ4n) is 3.94. The zero-order chi connectivity index (χ0) is 24.0. The number of thioether (sulfide) groups is 2. The van der Waals surface area contributed by atoms with Crippen molar-refractivity contribution in [2.45, 2.75) is 29.8 Å². The molecule has 2 amide bonds. The number of hydrogen-bond acceptors (Lipinski definition) is 12. The van der Waals surface area contributed by atoms with Gasteiger partial charge in [-0.1, -0.05) is 5.16 Å². The van der Waals surface area contributed by atoms with Gasteiger partial charge in [-0.05, 0) is 4.98 Å². The van der Waals surface area contributed by atoms with Gasteiger partial charge in [-0.15, -0.1) is 34.9 Å². The third-order valence-corrected chi connectivity index (χ3v) is 8.79. The van der Waals surface area contributed by atoms with Crippen LogP contribution < -0.4 is 20.8 Å². The summed E-state index contributed by atoms with van der Waals surface area (Å²) in [7, 11) is 1.28. The normalized spacial score (nSPS) is 23.9. The van der Waals surface area contributed by atoms with Crippen molar-refractivity contribution in [2.75, 3.05) is 18.6 Å². The molecule has 2 atom stereocenters. The van der Waals surface area contributed by atoms with Gasteiger partial charge in [0, 0.05) is 16.0 Å². The molecule has 1 fully saturated rings. The zero-order valence-corrected chi connectivity index (χ0v) is 20.1. The highest BCUT2D eigenvalue weighted by atomic mass is 32.2. The summed E-state index contributed by atoms with van der Waals surface area (Å²) in [6.45, 7) is 1.36. The SMILES string of the molecule is CO/N=C(\C(=O)N[C@@H]1C(=O)N2C(C(=O)[O-])=C(SC3Cn4cnc[n+]4C3)CS[C@H]12)c1csc(N)n1. The van der Waals surface area contributed by atoms with Gasteiger partial charge >= 0.3 is 6.33 Å². The predicted molar refractivity (Wildman–Crippen MR) is 121 cm³/mol. The van der Waals surface area contributed by atoms with Gasteiger partial charge in [-0.25, -0.2) is 4.98 Å². The first-order valence-corrected chi connectivity index (χ1v) is 12.8. The van der Waals surface area contributed by atoms with Crippen LogP contribution in [0.4, 0.5) is 5.13 Å². The first-order chi connectivity index (χ1) is 16.4. The minimum atomic E-state index is -1.42. The zero-order valence-electron chi connectivity index (χ0n) is 17.6. The first-order valence-electron chi connectivity index (χ1n) is 9.96. The minimum Gasteiger partial charge on any atom is -0.543 e. The van der Waals surface area contributed by atoms with Gasteiger partial charge in [0.25, 0.3) is 11.8 Å². The molecule has 0 spiro atoms. The van der Waals surface area contributed by atoms with E-state index in [1.54, 1.807) is 18.0 Å². The largest absolute Gasteiger partial charge is 0.543 e. The second kappa shape index (κ2) is 8.92. The maximum Gasteiger partial charge on any atom is 0.306 e. The van der Waals surface area contributed by atoms with Crippen LogP contribution in [-0.4, -0.2) is 72.6 Å². The number of β-lactam (4-membered cyclic amide) rings is 1. The fourth-order valence-corrected chi connectivity index (χ4v) is 7.31. The number of anilines is 1. The van der Waals surface area contributed by atoms with Crippen molar-refractivity contribution in [3.05, 3.63) is 34.3 Å². The van der Waals surface area contributed by atoms with Crippen LogP contribution in [0.25, 0.3) is 0 Å². The number of rotatable bonds is 7. The Morgan fingerprint density at radius 3 is 2.97 bits per heavy atom. The van der Waals surface area contributed by atoms with Crippen LogP contribution in [0.2, 0.25) is 0 Å². The molecule has 0 bridgehead atoms. The first kappa shape index (κ1) is 22.7. The van der Waals surface area contributed by atoms with Crippen LogP contribution in [0.5, 0.6) is 0 Å². The lowest BCUT2D eigenvalue weighted by Crippen LogP contribution is -2.71. The van der Waals surface area contributed by atoms with Gasteiger partial charge < -0.3 is 25.8 Å². The van der Waals surface area contributed by atoms with E-state index in [1.165, 1.54) is 35.5 Å². The number of carboxylic acids is 1. The summed E-state index contributed by atoms with van der Waals surface area (Å²) in [6.07, 6.45) is 3.43. The van der Waals surface area contributed by atoms with Crippen molar-refractivity contribution in [1.29, 1.82) is 0 Å². The van der Waals surface area contributed by atoms with Crippen LogP contribution in [-0.2, 0) is 32.3 Å². The maximum absolute atomic E-state index is 12.9. The number of carbonyl (C=O) groups excluding carboxylic acids is 3. The Labute approximate surface area is 205 Å². The summed E-state index contributed by atoms with van der Waals surface area (Å²) in [6, 6.07) is -0.926. The number of nitrogens with zero attached hydrogens (tertiary/aromatic N) is 6. The molecule has 0 radical (unpaired) electrons. The number of nitrogens with one attached hydrogen (secondary N) is 1. The fraction of sp³-hybridized carbons (Fsp3) is 0.389. The summed E-state index contributed by atoms with van der Waals surface area (Å²) < 4.78 is 3.90. The molecule has 3 aliphatic rings. The van der Waals surface area contributed by atoms with Crippen LogP contribution in [0.3, 0.4) is 0 Å². The third-order valence-electron chi connectivity index (χ3n) is 5.40. The number of amides is 2. The van der Waals surface area contributed by atoms with Crippen molar-refractivity contribution >= 4 is 63.5 Å². The van der Waals surface area contributed by atoms with Crippen LogP contribution in [0, 0.1) is 0 Å². The van der Waals surface area contributed by atoms with Crippen LogP contribution in [0.15, 0.2) is 33.8 Å². The lowest BCUT2D eigenvalue weighted by Gasteiger charge is -2.50. The molecule has 0 aliphatic carbocycles. The highest BCUT2D eigenvalue weighted by molar-refractivity contribution is 8.06. The highest BCUT2D eigenvalue weighted by Gasteiger charge is 2.53. The molecule has 0 unspecified atom stereocenters. The Bertz CT molecular complexity index is 1220. The molecule has 3 N–H and O–H groups in total. The van der Waals surface area contributed by atoms with Crippen molar-refractivity contribution in [3.8, 4) is 0 Å². The van der Waals surface area contributed by atoms with Gasteiger partial charge in [-0.2, -0.15) is 9.36 Å². The summed E-state index contributed by atoms with van der Waals surface area (Å²) in [5, 5.41) is 19.7. The number of nitrogens with two attached hydrogens (primary N) is 1. The molecule has 13 nitrogen and oxygen atoms in total. The molecule has 5 heterocycles. The van der Waals surface area contributed by atoms with E-state index in [0.717, 1.165) is 11.3 Å². The second-order valence-electron chi connectivity index (χ2n) is 7.48. The standard InChI is InChI=1S/C18H18N8O5S3/c1-31-23-11(9-4-33-18(19)21-9)14(27)22-12-15(28)26-13(17(29)30)10(5-32-16(12)26)34-8-2-24-6-20-7-25(24)3-8/h4,6-8,12,16H,2-3,5H2,1H3,(H3-,19,21,22,27,29,30)/b23-11-/t12-,16-/m1/s1. The maximum atomic E-state index is 12.9. The molecule has 34 heavy (non-hydrogen) atoms. The smallest absolute Gasteiger partial charge is 0.306 e. The molecule has 178 valence electrons. The number of fused-ring (bicyclic) bond motifs is 2. The monoisotopic (exact) mass is 522 g/mol. The number of carboxylic acid groups (broad SMARTS) is 1. The number of hydrogen-bond donors (Lipinski definition) is 2. The summed E-state index contributed by atoms with van der Waals surface area (Å²) in [5.41, 5.74) is 5.58. The van der Waals surface area contributed by atoms with Gasteiger partial charge in [0.1, 0.15) is 30.8 Å². The number of aromatic nitrogens is 4. The van der Waals surface area contributed by atoms with E-state index in [2.05, 4.69) is 20.4 Å².